The molecular formula is C30H30DyF21O6. The first kappa shape index (κ1) is 62.1. The normalized spacial score (nSPS) is 15.3. The van der Waals surface area contributed by atoms with Crippen molar-refractivity contribution in [3.63, 3.8) is 0 Å². The summed E-state index contributed by atoms with van der Waals surface area (Å²) >= 11 is 0. The van der Waals surface area contributed by atoms with E-state index in [0.29, 0.717) is 0 Å². The molecule has 0 fully saturated rings. The summed E-state index contributed by atoms with van der Waals surface area (Å²) < 4.78 is 258. The molecule has 58 heavy (non-hydrogen) atoms. The fourth-order valence-electron chi connectivity index (χ4n) is 2.28. The first-order valence-corrected chi connectivity index (χ1v) is 14.4. The van der Waals surface area contributed by atoms with E-state index in [1.165, 1.54) is 62.3 Å². The molecule has 0 unspecified atom stereocenters. The average molecular weight is 1050 g/mol. The van der Waals surface area contributed by atoms with Crippen molar-refractivity contribution >= 4 is 17.3 Å². The van der Waals surface area contributed by atoms with E-state index in [9.17, 15) is 122 Å². The molecule has 343 valence electrons. The predicted octanol–water partition coefficient (Wildman–Crippen LogP) is 8.04. The number of rotatable bonds is 9. The molecule has 0 atom stereocenters. The Hall–Kier alpha value is -2.57. The van der Waals surface area contributed by atoms with Crippen molar-refractivity contribution < 1.29 is 160 Å². The first-order valence-electron chi connectivity index (χ1n) is 14.4. The minimum absolute atomic E-state index is 0. The average Bonchev–Trinajstić information content (AvgIpc) is 2.93. The van der Waals surface area contributed by atoms with Crippen molar-refractivity contribution in [2.45, 2.75) is 116 Å². The smallest absolute Gasteiger partial charge is 0.875 e. The topological polar surface area (TPSA) is 120 Å². The van der Waals surface area contributed by atoms with Gasteiger partial charge in [-0.25, -0.2) is 0 Å². The van der Waals surface area contributed by atoms with Crippen LogP contribution in [0.15, 0.2) is 35.5 Å². The zero-order valence-electron chi connectivity index (χ0n) is 30.4. The summed E-state index contributed by atoms with van der Waals surface area (Å²) in [6.45, 7) is 10.6. The number of carbonyl (C=O) groups excluding carboxylic acids is 3. The third-order valence-corrected chi connectivity index (χ3v) is 6.18. The van der Waals surface area contributed by atoms with Crippen LogP contribution in [0.4, 0.5) is 92.2 Å². The van der Waals surface area contributed by atoms with E-state index in [2.05, 4.69) is 0 Å². The Labute approximate surface area is 344 Å². The molecule has 0 aliphatic rings. The summed E-state index contributed by atoms with van der Waals surface area (Å²) in [5.41, 5.74) is -4.09. The Morgan fingerprint density at radius 3 is 0.534 bits per heavy atom. The molecule has 0 aromatic rings. The summed E-state index contributed by atoms with van der Waals surface area (Å²) in [4.78, 5) is 32.4. The van der Waals surface area contributed by atoms with E-state index >= 15 is 0 Å². The van der Waals surface area contributed by atoms with Crippen LogP contribution in [-0.4, -0.2) is 71.4 Å². The molecule has 0 spiro atoms. The quantitative estimate of drug-likeness (QED) is 0.131. The number of carbonyl (C=O) groups is 3. The van der Waals surface area contributed by atoms with Gasteiger partial charge in [0.2, 0.25) is 17.3 Å². The van der Waals surface area contributed by atoms with E-state index in [-0.39, 0.29) is 38.2 Å². The molecule has 6 nitrogen and oxygen atoms in total. The Bertz CT molecular complexity index is 1350. The van der Waals surface area contributed by atoms with Gasteiger partial charge in [-0.15, -0.1) is 17.3 Å². The van der Waals surface area contributed by atoms with Crippen LogP contribution in [0, 0.1) is 54.4 Å². The minimum Gasteiger partial charge on any atom is -0.875 e. The molecule has 0 saturated carbocycles. The molecule has 0 aromatic heterocycles. The Morgan fingerprint density at radius 1 is 0.328 bits per heavy atom. The zero-order chi connectivity index (χ0) is 47.6. The molecule has 0 rings (SSSR count). The summed E-state index contributed by atoms with van der Waals surface area (Å²) in [6.07, 6.45) is -21.1. The second-order valence-corrected chi connectivity index (χ2v) is 14.3. The molecular weight excluding hydrogens is 1020 g/mol. The minimum atomic E-state index is -6.61. The maximum Gasteiger partial charge on any atom is 3.00 e. The van der Waals surface area contributed by atoms with E-state index in [4.69, 9.17) is 0 Å². The third kappa shape index (κ3) is 14.9. The Kier molecular flexibility index (Phi) is 20.3. The van der Waals surface area contributed by atoms with Crippen molar-refractivity contribution in [2.75, 3.05) is 0 Å². The molecule has 0 aromatic carbocycles. The van der Waals surface area contributed by atoms with E-state index in [0.717, 1.165) is 0 Å². The summed E-state index contributed by atoms with van der Waals surface area (Å²) in [6, 6.07) is 0. The fourth-order valence-corrected chi connectivity index (χ4v) is 2.28. The van der Waals surface area contributed by atoms with Gasteiger partial charge in [-0.3, -0.25) is 14.4 Å². The second kappa shape index (κ2) is 19.0. The molecule has 0 amide bonds. The van der Waals surface area contributed by atoms with Crippen LogP contribution < -0.4 is 15.3 Å². The summed E-state index contributed by atoms with van der Waals surface area (Å²) in [5, 5.41) is 33.5. The zero-order valence-corrected chi connectivity index (χ0v) is 32.5. The molecule has 0 aliphatic heterocycles. The maximum absolute atomic E-state index is 12.8. The SMILES string of the molecule is CC(C)(C)/C([O-])=C/C(=O)C(F)(F)C(F)(F)C(F)(F)F.CC(C)(C)/C([O-])=C/C(=O)C(F)(F)C(F)(F)C(F)(F)F.CC(C)(C)/C([O-])=C/C(=O)C(F)(F)C(F)(F)C(F)(F)F.[Dy+3]. The molecule has 28 heteroatoms. The number of hydrogen-bond donors (Lipinski definition) is 0. The summed E-state index contributed by atoms with van der Waals surface area (Å²) in [5.74, 6) is -50.2. The summed E-state index contributed by atoms with van der Waals surface area (Å²) in [7, 11) is 0. The second-order valence-electron chi connectivity index (χ2n) is 14.3. The van der Waals surface area contributed by atoms with Crippen molar-refractivity contribution in [3.8, 4) is 0 Å². The monoisotopic (exact) mass is 1050 g/mol. The third-order valence-electron chi connectivity index (χ3n) is 6.18. The van der Waals surface area contributed by atoms with Gasteiger partial charge in [0.05, 0.1) is 0 Å². The first-order chi connectivity index (χ1) is 24.1. The van der Waals surface area contributed by atoms with Gasteiger partial charge < -0.3 is 15.3 Å². The van der Waals surface area contributed by atoms with Crippen LogP contribution >= 0.6 is 0 Å². The van der Waals surface area contributed by atoms with Crippen LogP contribution in [0.3, 0.4) is 0 Å². The van der Waals surface area contributed by atoms with E-state index < -0.39 is 123 Å². The molecule has 0 saturated heterocycles. The molecule has 1 radical (unpaired) electrons. The van der Waals surface area contributed by atoms with Crippen molar-refractivity contribution in [1.82, 2.24) is 0 Å². The van der Waals surface area contributed by atoms with Gasteiger partial charge in [-0.05, 0) is 34.5 Å². The molecule has 0 aliphatic carbocycles. The molecule has 0 bridgehead atoms. The molecule has 0 N–H and O–H groups in total. The van der Waals surface area contributed by atoms with E-state index in [1.54, 1.807) is 0 Å². The van der Waals surface area contributed by atoms with Gasteiger partial charge in [-0.1, -0.05) is 62.3 Å². The van der Waals surface area contributed by atoms with Gasteiger partial charge in [0.1, 0.15) is 0 Å². The van der Waals surface area contributed by atoms with Crippen LogP contribution in [0.2, 0.25) is 0 Å². The van der Waals surface area contributed by atoms with Crippen LogP contribution in [0.1, 0.15) is 62.3 Å². The van der Waals surface area contributed by atoms with Gasteiger partial charge in [0, 0.05) is 0 Å². The largest absolute Gasteiger partial charge is 3.00 e. The fraction of sp³-hybridized carbons (Fsp3) is 0.700. The Morgan fingerprint density at radius 2 is 0.448 bits per heavy atom. The number of hydrogen-bond acceptors (Lipinski definition) is 6. The van der Waals surface area contributed by atoms with Crippen molar-refractivity contribution in [3.05, 3.63) is 35.5 Å². The van der Waals surface area contributed by atoms with Crippen LogP contribution in [0.25, 0.3) is 0 Å². The number of allylic oxidation sites excluding steroid dienone is 6. The van der Waals surface area contributed by atoms with Gasteiger partial charge in [0.25, 0.3) is 0 Å². The Balaban J connectivity index is -0.000000374. The number of alkyl halides is 21. The number of halogens is 21. The van der Waals surface area contributed by atoms with Gasteiger partial charge >= 0.3 is 92.2 Å². The molecule has 0 heterocycles. The van der Waals surface area contributed by atoms with Gasteiger partial charge in [0.15, 0.2) is 0 Å². The van der Waals surface area contributed by atoms with Crippen molar-refractivity contribution in [1.29, 1.82) is 0 Å². The predicted molar refractivity (Wildman–Crippen MR) is 145 cm³/mol. The maximum atomic E-state index is 12.8. The van der Waals surface area contributed by atoms with Crippen LogP contribution in [0.5, 0.6) is 0 Å². The van der Waals surface area contributed by atoms with Crippen LogP contribution in [-0.2, 0) is 14.4 Å². The number of ketones is 3. The van der Waals surface area contributed by atoms with Crippen molar-refractivity contribution in [2.24, 2.45) is 16.2 Å². The van der Waals surface area contributed by atoms with E-state index in [1.807, 2.05) is 0 Å². The van der Waals surface area contributed by atoms with Gasteiger partial charge in [-0.2, -0.15) is 92.2 Å². The standard InChI is InChI=1S/3C10H11F7O2.Dy/c3*1-7(2,3)5(18)4-6(19)8(11,12)9(13,14)10(15,16)17;/h3*4,18H,1-3H3;/q;;;+3/p-3/b3*5-4-;.